The highest BCUT2D eigenvalue weighted by atomic mass is 16.7. The number of ether oxygens (including phenoxy) is 8. The van der Waals surface area contributed by atoms with Crippen molar-refractivity contribution in [2.75, 3.05) is 61.6 Å². The number of methoxy groups -OCH3 is 3. The molecule has 4 unspecified atom stereocenters. The first-order chi connectivity index (χ1) is 29.4. The number of aliphatic hydroxyl groups is 1. The van der Waals surface area contributed by atoms with Gasteiger partial charge >= 0.3 is 5.97 Å². The Hall–Kier alpha value is -1.56. The van der Waals surface area contributed by atoms with Crippen LogP contribution < -0.4 is 5.32 Å². The first-order valence-corrected chi connectivity index (χ1v) is 23.8. The summed E-state index contributed by atoms with van der Waals surface area (Å²) in [6, 6.07) is -0.0194. The number of hydrogen-bond donors (Lipinski definition) is 2. The second-order valence-electron chi connectivity index (χ2n) is 19.6. The average Bonchev–Trinajstić information content (AvgIpc) is 4.00. The molecule has 0 amide bonds. The van der Waals surface area contributed by atoms with Crippen LogP contribution in [0.25, 0.3) is 0 Å². The predicted octanol–water partition coefficient (Wildman–Crippen LogP) is 4.35. The first-order valence-electron chi connectivity index (χ1n) is 23.8. The van der Waals surface area contributed by atoms with Crippen molar-refractivity contribution in [2.24, 2.45) is 35.5 Å². The summed E-state index contributed by atoms with van der Waals surface area (Å²) in [5.74, 6) is -1.40. The molecule has 0 radical (unpaired) electrons. The molecule has 4 heterocycles. The quantitative estimate of drug-likeness (QED) is 0.253. The molecule has 0 aromatic heterocycles. The fraction of sp³-hybridized carbons (Fsp3) is 0.915. The van der Waals surface area contributed by atoms with Gasteiger partial charge in [-0.25, -0.2) is 0 Å². The molecule has 0 aromatic carbocycles. The fourth-order valence-corrected chi connectivity index (χ4v) is 12.7. The maximum atomic E-state index is 15.2. The minimum atomic E-state index is -0.707. The molecule has 4 aliphatic heterocycles. The Bertz CT molecular complexity index is 1480. The molecule has 0 aromatic rings. The van der Waals surface area contributed by atoms with Crippen molar-refractivity contribution in [2.45, 2.75) is 178 Å². The zero-order chi connectivity index (χ0) is 43.5. The number of hydrogen-bond acceptors (Lipinski definition) is 14. The minimum Gasteiger partial charge on any atom is -0.462 e. The summed E-state index contributed by atoms with van der Waals surface area (Å²) in [7, 11) is 9.11. The van der Waals surface area contributed by atoms with Crippen LogP contribution in [0.2, 0.25) is 0 Å². The monoisotopic (exact) mass is 862 g/mol. The molecule has 19 atom stereocenters. The highest BCUT2D eigenvalue weighted by molar-refractivity contribution is 5.99. The van der Waals surface area contributed by atoms with Crippen molar-refractivity contribution in [3.05, 3.63) is 11.6 Å². The number of carbonyl (C=O) groups excluding carboxylic acids is 2. The largest absolute Gasteiger partial charge is 0.462 e. The lowest BCUT2D eigenvalue weighted by Crippen LogP contribution is -2.59. The lowest BCUT2D eigenvalue weighted by molar-refractivity contribution is -0.314. The van der Waals surface area contributed by atoms with Crippen molar-refractivity contribution >= 4 is 11.8 Å². The van der Waals surface area contributed by atoms with Gasteiger partial charge in [-0.1, -0.05) is 19.9 Å². The van der Waals surface area contributed by atoms with E-state index in [0.717, 1.165) is 45.3 Å². The topological polar surface area (TPSA) is 147 Å². The highest BCUT2D eigenvalue weighted by Crippen LogP contribution is 2.57. The predicted molar refractivity (Wildman–Crippen MR) is 229 cm³/mol. The molecule has 61 heavy (non-hydrogen) atoms. The Kier molecular flexibility index (Phi) is 16.4. The first kappa shape index (κ1) is 47.4. The molecule has 2 N–H and O–H groups in total. The van der Waals surface area contributed by atoms with E-state index in [2.05, 4.69) is 49.1 Å². The van der Waals surface area contributed by atoms with Crippen LogP contribution in [0, 0.1) is 35.5 Å². The van der Waals surface area contributed by atoms with Crippen molar-refractivity contribution in [3.8, 4) is 0 Å². The number of rotatable bonds is 13. The number of likely N-dealkylation sites (tertiary alicyclic amines) is 1. The summed E-state index contributed by atoms with van der Waals surface area (Å²) in [6.45, 7) is 11.9. The van der Waals surface area contributed by atoms with Gasteiger partial charge in [0.25, 0.3) is 0 Å². The number of allylic oxidation sites excluding steroid dienone is 2. The van der Waals surface area contributed by atoms with Gasteiger partial charge in [0.1, 0.15) is 24.4 Å². The Morgan fingerprint density at radius 3 is 2.26 bits per heavy atom. The van der Waals surface area contributed by atoms with Crippen LogP contribution in [0.3, 0.4) is 0 Å². The zero-order valence-corrected chi connectivity index (χ0v) is 38.6. The minimum absolute atomic E-state index is 0.00515. The molecular weight excluding hydrogens is 783 g/mol. The summed E-state index contributed by atoms with van der Waals surface area (Å²) < 4.78 is 50.3. The third-order valence-corrected chi connectivity index (χ3v) is 15.9. The third kappa shape index (κ3) is 10.3. The third-order valence-electron chi connectivity index (χ3n) is 15.9. The maximum absolute atomic E-state index is 15.2. The van der Waals surface area contributed by atoms with Crippen LogP contribution in [-0.4, -0.2) is 168 Å². The summed E-state index contributed by atoms with van der Waals surface area (Å²) in [5, 5.41) is 16.4. The van der Waals surface area contributed by atoms with E-state index in [1.165, 1.54) is 12.8 Å². The number of nitrogens with one attached hydrogen (secondary N) is 1. The fourth-order valence-electron chi connectivity index (χ4n) is 12.7. The SMILES string of the molecule is CC[C@H]1CCC[C@H](O[C@H]2CC[C@H](N(C)C)C(C)O2)[C@@H](C)C(=O)C2=C[C@H]3[C@@H]4C[C@H](O[C@@H]5OC(C)[C@H](OC)C(OC)C5OC)C[C@H]4[C@@H](O)[C@H](NCCN4CCCC4)[C@H]3[C@@H]2CC(=O)O1. The van der Waals surface area contributed by atoms with Gasteiger partial charge in [-0.2, -0.15) is 0 Å². The number of likely N-dealkylation sites (N-methyl/N-ethyl adjacent to an activating group) is 1. The van der Waals surface area contributed by atoms with E-state index in [4.69, 9.17) is 37.9 Å². The van der Waals surface area contributed by atoms with Crippen LogP contribution in [0.1, 0.15) is 98.3 Å². The molecule has 4 saturated heterocycles. The number of Topliss-reactive ketones (excluding diaryl/α,β-unsaturated/α-hetero) is 1. The summed E-state index contributed by atoms with van der Waals surface area (Å²) in [5.41, 5.74) is 0.688. The van der Waals surface area contributed by atoms with Crippen molar-refractivity contribution in [1.82, 2.24) is 15.1 Å². The molecular formula is C47H79N3O11. The Labute approximate surface area is 365 Å². The van der Waals surface area contributed by atoms with E-state index in [1.54, 1.807) is 21.3 Å². The van der Waals surface area contributed by atoms with Gasteiger partial charge in [-0.05, 0) is 134 Å². The smallest absolute Gasteiger partial charge is 0.306 e. The Morgan fingerprint density at radius 1 is 0.869 bits per heavy atom. The van der Waals surface area contributed by atoms with Gasteiger partial charge in [-0.15, -0.1) is 0 Å². The number of esters is 1. The lowest BCUT2D eigenvalue weighted by Gasteiger charge is -2.47. The van der Waals surface area contributed by atoms with Gasteiger partial charge < -0.3 is 58.1 Å². The molecule has 348 valence electrons. The van der Waals surface area contributed by atoms with Crippen LogP contribution in [0.15, 0.2) is 11.6 Å². The number of carbonyl (C=O) groups is 2. The standard InChI is InChI=1S/C47H79N3O11/c1-10-29-14-13-15-37(61-39-17-16-36(49(5)6)27(3)57-39)26(2)42(52)35-24-32-31-22-30(60-47-46(56-9)45(55-8)44(54-7)28(4)58-47)23-34(31)43(53)41(40(32)33(35)25-38(51)59-29)48-18-21-50-19-11-12-20-50/h24,26-34,36-37,39-41,43-48,53H,10-23,25H2,1-9H3/t26-,27?,28?,29+,30+,31+,32+,33-,34-,36+,37+,39+,40-,41-,43-,44+,45?,46?,47+/m1/s1. The molecule has 3 aliphatic carbocycles. The van der Waals surface area contributed by atoms with E-state index in [0.29, 0.717) is 43.8 Å². The molecule has 7 rings (SSSR count). The molecule has 2 saturated carbocycles. The maximum Gasteiger partial charge on any atom is 0.306 e. The van der Waals surface area contributed by atoms with E-state index in [1.807, 2.05) is 13.8 Å². The normalized spacial score (nSPS) is 45.1. The molecule has 14 nitrogen and oxygen atoms in total. The Morgan fingerprint density at radius 2 is 1.59 bits per heavy atom. The number of ketones is 1. The van der Waals surface area contributed by atoms with Crippen LogP contribution in [-0.2, 0) is 47.5 Å². The summed E-state index contributed by atoms with van der Waals surface area (Å²) in [4.78, 5) is 33.9. The Balaban J connectivity index is 1.18. The summed E-state index contributed by atoms with van der Waals surface area (Å²) in [6.07, 6.45) is 6.53. The van der Waals surface area contributed by atoms with E-state index >= 15 is 4.79 Å². The average molecular weight is 862 g/mol. The van der Waals surface area contributed by atoms with E-state index < -0.39 is 30.3 Å². The van der Waals surface area contributed by atoms with Gasteiger partial charge in [-0.3, -0.25) is 9.59 Å². The molecule has 0 bridgehead atoms. The number of fused-ring (bicyclic) bond motifs is 5. The zero-order valence-electron chi connectivity index (χ0n) is 38.6. The number of cyclic esters (lactones) is 1. The second-order valence-corrected chi connectivity index (χ2v) is 19.6. The van der Waals surface area contributed by atoms with Gasteiger partial charge in [0.2, 0.25) is 0 Å². The molecule has 7 aliphatic rings. The summed E-state index contributed by atoms with van der Waals surface area (Å²) >= 11 is 0. The van der Waals surface area contributed by atoms with Gasteiger partial charge in [0.15, 0.2) is 18.4 Å². The van der Waals surface area contributed by atoms with Crippen LogP contribution >= 0.6 is 0 Å². The molecule has 14 heteroatoms. The van der Waals surface area contributed by atoms with Gasteiger partial charge in [0, 0.05) is 58.3 Å². The van der Waals surface area contributed by atoms with E-state index in [-0.39, 0.29) is 96.9 Å². The second kappa shape index (κ2) is 21.2. The van der Waals surface area contributed by atoms with Crippen molar-refractivity contribution in [1.29, 1.82) is 0 Å². The highest BCUT2D eigenvalue weighted by Gasteiger charge is 2.59. The number of nitrogens with zero attached hydrogens (tertiary/aromatic N) is 2. The van der Waals surface area contributed by atoms with Crippen molar-refractivity contribution in [3.63, 3.8) is 0 Å². The molecule has 6 fully saturated rings. The number of aliphatic hydroxyl groups excluding tert-OH is 1. The molecule has 0 spiro atoms. The van der Waals surface area contributed by atoms with Gasteiger partial charge in [0.05, 0.1) is 36.9 Å². The van der Waals surface area contributed by atoms with Crippen molar-refractivity contribution < 1.29 is 52.6 Å². The van der Waals surface area contributed by atoms with Crippen LogP contribution in [0.5, 0.6) is 0 Å². The lowest BCUT2D eigenvalue weighted by atomic mass is 9.62. The van der Waals surface area contributed by atoms with Crippen LogP contribution in [0.4, 0.5) is 0 Å². The van der Waals surface area contributed by atoms with E-state index in [9.17, 15) is 9.90 Å².